The first-order valence-electron chi connectivity index (χ1n) is 10.2. The second-order valence-corrected chi connectivity index (χ2v) is 9.26. The van der Waals surface area contributed by atoms with Crippen LogP contribution in [0.25, 0.3) is 0 Å². The number of aromatic nitrogens is 1. The van der Waals surface area contributed by atoms with Gasteiger partial charge in [0.25, 0.3) is 0 Å². The zero-order chi connectivity index (χ0) is 20.1. The minimum Gasteiger partial charge on any atom is -0.494 e. The summed E-state index contributed by atoms with van der Waals surface area (Å²) in [6, 6.07) is 6.50. The summed E-state index contributed by atoms with van der Waals surface area (Å²) in [5.41, 5.74) is 0. The average Bonchev–Trinajstić information content (AvgIpc) is 3.13. The highest BCUT2D eigenvalue weighted by atomic mass is 32.2. The van der Waals surface area contributed by atoms with E-state index < -0.39 is 9.84 Å². The average molecular weight is 407 g/mol. The highest BCUT2D eigenvalue weighted by Gasteiger charge is 2.32. The summed E-state index contributed by atoms with van der Waals surface area (Å²) in [6.45, 7) is 8.32. The zero-order valence-electron chi connectivity index (χ0n) is 17.0. The summed E-state index contributed by atoms with van der Waals surface area (Å²) in [7, 11) is -3.77. The van der Waals surface area contributed by atoms with E-state index in [1.54, 1.807) is 24.3 Å². The maximum atomic E-state index is 13.3. The molecule has 0 amide bonds. The van der Waals surface area contributed by atoms with Gasteiger partial charge < -0.3 is 14.1 Å². The number of piperidine rings is 1. The number of hydrogen-bond donors (Lipinski definition) is 0. The number of anilines is 1. The highest BCUT2D eigenvalue weighted by molar-refractivity contribution is 7.91. The number of benzene rings is 1. The molecule has 6 nitrogen and oxygen atoms in total. The molecular formula is C21H30N2O4S. The van der Waals surface area contributed by atoms with Crippen LogP contribution in [0, 0.1) is 5.92 Å². The Hall–Kier alpha value is -2.02. The lowest BCUT2D eigenvalue weighted by molar-refractivity contribution is 0.340. The maximum absolute atomic E-state index is 13.3. The van der Waals surface area contributed by atoms with Gasteiger partial charge in [-0.1, -0.05) is 20.3 Å². The van der Waals surface area contributed by atoms with Gasteiger partial charge in [0.15, 0.2) is 5.89 Å². The van der Waals surface area contributed by atoms with Crippen LogP contribution < -0.4 is 9.64 Å². The molecule has 1 aromatic carbocycles. The van der Waals surface area contributed by atoms with Crippen molar-refractivity contribution in [1.82, 2.24) is 4.98 Å². The van der Waals surface area contributed by atoms with E-state index in [4.69, 9.17) is 9.15 Å². The second-order valence-electron chi connectivity index (χ2n) is 7.40. The van der Waals surface area contributed by atoms with Crippen molar-refractivity contribution in [2.24, 2.45) is 5.92 Å². The van der Waals surface area contributed by atoms with E-state index in [0.717, 1.165) is 38.8 Å². The van der Waals surface area contributed by atoms with E-state index in [2.05, 4.69) is 18.8 Å². The largest absolute Gasteiger partial charge is 0.494 e. The first-order chi connectivity index (χ1) is 13.5. The van der Waals surface area contributed by atoms with Gasteiger partial charge in [0, 0.05) is 19.5 Å². The zero-order valence-corrected chi connectivity index (χ0v) is 17.8. The summed E-state index contributed by atoms with van der Waals surface area (Å²) in [5.74, 6) is 2.19. The quantitative estimate of drug-likeness (QED) is 0.643. The molecule has 1 fully saturated rings. The molecule has 28 heavy (non-hydrogen) atoms. The number of hydrogen-bond acceptors (Lipinski definition) is 6. The molecule has 0 bridgehead atoms. The molecular weight excluding hydrogens is 376 g/mol. The molecule has 154 valence electrons. The molecule has 0 saturated carbocycles. The van der Waals surface area contributed by atoms with Crippen LogP contribution in [0.2, 0.25) is 0 Å². The van der Waals surface area contributed by atoms with Crippen LogP contribution in [-0.2, 0) is 16.3 Å². The molecule has 0 aliphatic carbocycles. The predicted molar refractivity (Wildman–Crippen MR) is 109 cm³/mol. The first kappa shape index (κ1) is 20.7. The Morgan fingerprint density at radius 1 is 1.18 bits per heavy atom. The van der Waals surface area contributed by atoms with Crippen molar-refractivity contribution in [3.8, 4) is 5.75 Å². The van der Waals surface area contributed by atoms with Crippen molar-refractivity contribution >= 4 is 15.7 Å². The molecule has 2 aromatic rings. The summed E-state index contributed by atoms with van der Waals surface area (Å²) < 4.78 is 38.0. The number of oxazole rings is 1. The summed E-state index contributed by atoms with van der Waals surface area (Å²) in [6.07, 6.45) is 4.60. The van der Waals surface area contributed by atoms with Crippen LogP contribution in [-0.4, -0.2) is 33.1 Å². The molecule has 1 saturated heterocycles. The number of nitrogens with zero attached hydrogens (tertiary/aromatic N) is 2. The summed E-state index contributed by atoms with van der Waals surface area (Å²) in [5, 5.41) is 0.0392. The summed E-state index contributed by atoms with van der Waals surface area (Å²) >= 11 is 0. The van der Waals surface area contributed by atoms with Crippen molar-refractivity contribution in [3.05, 3.63) is 30.2 Å². The van der Waals surface area contributed by atoms with Crippen LogP contribution >= 0.6 is 0 Å². The van der Waals surface area contributed by atoms with Crippen LogP contribution in [0.1, 0.15) is 52.3 Å². The third kappa shape index (κ3) is 4.51. The number of unbranched alkanes of at least 4 members (excludes halogenated alkanes) is 1. The fourth-order valence-corrected chi connectivity index (χ4v) is 4.69. The molecule has 0 spiro atoms. The fraction of sp³-hybridized carbons (Fsp3) is 0.571. The van der Waals surface area contributed by atoms with E-state index in [0.29, 0.717) is 36.5 Å². The van der Waals surface area contributed by atoms with Crippen LogP contribution in [0.3, 0.4) is 0 Å². The lowest BCUT2D eigenvalue weighted by Crippen LogP contribution is -2.33. The van der Waals surface area contributed by atoms with Gasteiger partial charge in [0.2, 0.25) is 20.7 Å². The maximum Gasteiger partial charge on any atom is 0.236 e. The molecule has 7 heteroatoms. The van der Waals surface area contributed by atoms with Crippen LogP contribution in [0.15, 0.2) is 38.6 Å². The van der Waals surface area contributed by atoms with Crippen molar-refractivity contribution in [1.29, 1.82) is 0 Å². The Morgan fingerprint density at radius 2 is 1.86 bits per heavy atom. The predicted octanol–water partition coefficient (Wildman–Crippen LogP) is 4.49. The molecule has 1 aliphatic rings. The van der Waals surface area contributed by atoms with E-state index in [-0.39, 0.29) is 9.92 Å². The number of aryl methyl sites for hydroxylation is 1. The van der Waals surface area contributed by atoms with Gasteiger partial charge in [-0.2, -0.15) is 4.98 Å². The monoisotopic (exact) mass is 406 g/mol. The third-order valence-corrected chi connectivity index (χ3v) is 6.81. The Morgan fingerprint density at radius 3 is 2.46 bits per heavy atom. The molecule has 1 aromatic heterocycles. The van der Waals surface area contributed by atoms with Crippen LogP contribution in [0.4, 0.5) is 5.88 Å². The van der Waals surface area contributed by atoms with E-state index in [1.165, 1.54) is 0 Å². The van der Waals surface area contributed by atoms with Gasteiger partial charge in [0.05, 0.1) is 11.5 Å². The van der Waals surface area contributed by atoms with Crippen molar-refractivity contribution in [2.45, 2.75) is 62.8 Å². The second kappa shape index (κ2) is 8.99. The lowest BCUT2D eigenvalue weighted by atomic mass is 9.99. The minimum atomic E-state index is -3.77. The van der Waals surface area contributed by atoms with E-state index >= 15 is 0 Å². The smallest absolute Gasteiger partial charge is 0.236 e. The minimum absolute atomic E-state index is 0.0392. The van der Waals surface area contributed by atoms with Gasteiger partial charge >= 0.3 is 0 Å². The Balaban J connectivity index is 1.96. The van der Waals surface area contributed by atoms with Crippen LogP contribution in [0.5, 0.6) is 5.75 Å². The van der Waals surface area contributed by atoms with Gasteiger partial charge in [-0.25, -0.2) is 8.42 Å². The number of ether oxygens (including phenoxy) is 1. The molecule has 0 atom stereocenters. The molecule has 0 unspecified atom stereocenters. The molecule has 0 radical (unpaired) electrons. The highest BCUT2D eigenvalue weighted by Crippen LogP contribution is 2.34. The SMILES string of the molecule is CCCCc1nc(S(=O)(=O)c2ccc(OCC)cc2)c(N2CCC(C)CC2)o1. The molecule has 2 heterocycles. The Bertz CT molecular complexity index is 866. The standard InChI is InChI=1S/C21H30N2O4S/c1-4-6-7-19-22-20(21(27-19)23-14-12-16(3)13-15-23)28(24,25)18-10-8-17(9-11-18)26-5-2/h8-11,16H,4-7,12-15H2,1-3H3. The number of rotatable bonds is 8. The van der Waals surface area contributed by atoms with E-state index in [9.17, 15) is 8.42 Å². The lowest BCUT2D eigenvalue weighted by Gasteiger charge is -2.30. The van der Waals surface area contributed by atoms with Crippen molar-refractivity contribution in [2.75, 3.05) is 24.6 Å². The first-order valence-corrected chi connectivity index (χ1v) is 11.7. The molecule has 0 N–H and O–H groups in total. The summed E-state index contributed by atoms with van der Waals surface area (Å²) in [4.78, 5) is 6.66. The molecule has 3 rings (SSSR count). The fourth-order valence-electron chi connectivity index (χ4n) is 3.35. The van der Waals surface area contributed by atoms with Gasteiger partial charge in [-0.3, -0.25) is 0 Å². The van der Waals surface area contributed by atoms with Gasteiger partial charge in [0.1, 0.15) is 5.75 Å². The number of sulfone groups is 1. The van der Waals surface area contributed by atoms with Crippen molar-refractivity contribution < 1.29 is 17.6 Å². The van der Waals surface area contributed by atoms with Crippen molar-refractivity contribution in [3.63, 3.8) is 0 Å². The van der Waals surface area contributed by atoms with Gasteiger partial charge in [-0.05, 0) is 56.4 Å². The van der Waals surface area contributed by atoms with Gasteiger partial charge in [-0.15, -0.1) is 0 Å². The van der Waals surface area contributed by atoms with E-state index in [1.807, 2.05) is 11.8 Å². The molecule has 1 aliphatic heterocycles. The Kier molecular flexibility index (Phi) is 6.65. The topological polar surface area (TPSA) is 72.6 Å². The Labute approximate surface area is 167 Å². The normalized spacial score (nSPS) is 15.8. The third-order valence-electron chi connectivity index (χ3n) is 5.14.